The minimum Gasteiger partial charge on any atom is -0.469 e. The van der Waals surface area contributed by atoms with E-state index < -0.39 is 5.41 Å². The first-order chi connectivity index (χ1) is 11.6. The lowest BCUT2D eigenvalue weighted by atomic mass is 10.1. The van der Waals surface area contributed by atoms with E-state index in [1.165, 1.54) is 7.11 Å². The van der Waals surface area contributed by atoms with Crippen LogP contribution in [0, 0.1) is 5.41 Å². The number of benzene rings is 1. The second-order valence-electron chi connectivity index (χ2n) is 6.87. The molecule has 126 valence electrons. The van der Waals surface area contributed by atoms with E-state index in [2.05, 4.69) is 5.10 Å². The van der Waals surface area contributed by atoms with Gasteiger partial charge in [0.05, 0.1) is 24.6 Å². The van der Waals surface area contributed by atoms with Gasteiger partial charge in [0.2, 0.25) is 0 Å². The number of rotatable bonds is 4. The lowest BCUT2D eigenvalue weighted by Crippen LogP contribution is -2.27. The third-order valence-corrected chi connectivity index (χ3v) is 5.13. The summed E-state index contributed by atoms with van der Waals surface area (Å²) in [5.41, 5.74) is 1.14. The molecular weight excluding hydrogens is 306 g/mol. The fraction of sp³-hybridized carbons (Fsp3) is 0.500. The van der Waals surface area contributed by atoms with Crippen molar-refractivity contribution in [2.45, 2.75) is 32.2 Å². The van der Waals surface area contributed by atoms with Crippen molar-refractivity contribution in [1.82, 2.24) is 14.7 Å². The van der Waals surface area contributed by atoms with Crippen molar-refractivity contribution in [3.05, 3.63) is 30.0 Å². The Balaban J connectivity index is 1.57. The average Bonchev–Trinajstić information content (AvgIpc) is 3.02. The summed E-state index contributed by atoms with van der Waals surface area (Å²) in [5.74, 6) is -0.0673. The van der Waals surface area contributed by atoms with Crippen LogP contribution in [0.3, 0.4) is 0 Å². The zero-order chi connectivity index (χ0) is 16.7. The summed E-state index contributed by atoms with van der Waals surface area (Å²) < 4.78 is 6.71. The van der Waals surface area contributed by atoms with Crippen LogP contribution < -0.4 is 0 Å². The van der Waals surface area contributed by atoms with Crippen LogP contribution >= 0.6 is 0 Å². The van der Waals surface area contributed by atoms with Crippen LogP contribution in [-0.2, 0) is 16.1 Å². The van der Waals surface area contributed by atoms with Gasteiger partial charge >= 0.3 is 5.97 Å². The Bertz CT molecular complexity index is 801. The minimum atomic E-state index is -0.412. The van der Waals surface area contributed by atoms with Gasteiger partial charge in [0.1, 0.15) is 0 Å². The molecule has 0 spiro atoms. The second-order valence-corrected chi connectivity index (χ2v) is 6.87. The molecule has 1 aliphatic heterocycles. The summed E-state index contributed by atoms with van der Waals surface area (Å²) >= 11 is 0. The molecule has 6 heteroatoms. The molecule has 24 heavy (non-hydrogen) atoms. The zero-order valence-corrected chi connectivity index (χ0v) is 13.8. The fourth-order valence-electron chi connectivity index (χ4n) is 3.50. The van der Waals surface area contributed by atoms with Crippen molar-refractivity contribution in [2.75, 3.05) is 20.2 Å². The number of amides is 1. The third-order valence-electron chi connectivity index (χ3n) is 5.13. The molecule has 1 aliphatic carbocycles. The van der Waals surface area contributed by atoms with Gasteiger partial charge in [-0.2, -0.15) is 5.10 Å². The molecule has 2 heterocycles. The molecule has 6 nitrogen and oxygen atoms in total. The van der Waals surface area contributed by atoms with Crippen molar-refractivity contribution in [2.24, 2.45) is 5.41 Å². The van der Waals surface area contributed by atoms with Gasteiger partial charge in [-0.15, -0.1) is 0 Å². The highest BCUT2D eigenvalue weighted by molar-refractivity contribution is 5.98. The number of aromatic nitrogens is 2. The van der Waals surface area contributed by atoms with Gasteiger partial charge in [0.25, 0.3) is 5.91 Å². The molecule has 4 rings (SSSR count). The molecule has 1 aromatic heterocycles. The van der Waals surface area contributed by atoms with Crippen LogP contribution in [0.15, 0.2) is 24.4 Å². The van der Waals surface area contributed by atoms with Crippen LogP contribution in [0.5, 0.6) is 0 Å². The Hall–Kier alpha value is -2.37. The Morgan fingerprint density at radius 1 is 1.25 bits per heavy atom. The predicted octanol–water partition coefficient (Wildman–Crippen LogP) is 2.23. The predicted molar refractivity (Wildman–Crippen MR) is 88.6 cm³/mol. The summed E-state index contributed by atoms with van der Waals surface area (Å²) in [6, 6.07) is 5.62. The van der Waals surface area contributed by atoms with Crippen molar-refractivity contribution in [3.8, 4) is 0 Å². The number of fused-ring (bicyclic) bond motifs is 1. The Morgan fingerprint density at radius 3 is 2.67 bits per heavy atom. The summed E-state index contributed by atoms with van der Waals surface area (Å²) in [6.07, 6.45) is 5.77. The summed E-state index contributed by atoms with van der Waals surface area (Å²) in [5, 5.41) is 5.47. The first-order valence-electron chi connectivity index (χ1n) is 8.46. The average molecular weight is 327 g/mol. The van der Waals surface area contributed by atoms with Crippen molar-refractivity contribution < 1.29 is 14.3 Å². The molecule has 0 bridgehead atoms. The molecule has 1 amide bonds. The third kappa shape index (κ3) is 2.56. The highest BCUT2D eigenvalue weighted by Gasteiger charge is 2.51. The Labute approximate surface area is 140 Å². The summed E-state index contributed by atoms with van der Waals surface area (Å²) in [7, 11) is 1.43. The van der Waals surface area contributed by atoms with Crippen molar-refractivity contribution >= 4 is 22.8 Å². The SMILES string of the molecule is COC(=O)C1(Cn2cc3cc(C(=O)N4CCCC4)ccc3n2)CC1. The lowest BCUT2D eigenvalue weighted by Gasteiger charge is -2.14. The van der Waals surface area contributed by atoms with Crippen LogP contribution in [0.4, 0.5) is 0 Å². The second kappa shape index (κ2) is 5.61. The molecule has 0 radical (unpaired) electrons. The van der Waals surface area contributed by atoms with Crippen molar-refractivity contribution in [1.29, 1.82) is 0 Å². The molecule has 0 unspecified atom stereocenters. The van der Waals surface area contributed by atoms with E-state index in [4.69, 9.17) is 4.74 Å². The normalized spacial score (nSPS) is 18.8. The smallest absolute Gasteiger partial charge is 0.313 e. The highest BCUT2D eigenvalue weighted by Crippen LogP contribution is 2.48. The van der Waals surface area contributed by atoms with Crippen LogP contribution in [0.1, 0.15) is 36.0 Å². The van der Waals surface area contributed by atoms with Gasteiger partial charge in [0.15, 0.2) is 0 Å². The summed E-state index contributed by atoms with van der Waals surface area (Å²) in [4.78, 5) is 26.3. The summed E-state index contributed by atoms with van der Waals surface area (Å²) in [6.45, 7) is 2.22. The van der Waals surface area contributed by atoms with E-state index >= 15 is 0 Å². The van der Waals surface area contributed by atoms with Crippen LogP contribution in [-0.4, -0.2) is 46.8 Å². The molecule has 2 aromatic rings. The van der Waals surface area contributed by atoms with E-state index in [9.17, 15) is 9.59 Å². The van der Waals surface area contributed by atoms with Gasteiger partial charge in [-0.05, 0) is 43.9 Å². The maximum Gasteiger partial charge on any atom is 0.313 e. The number of methoxy groups -OCH3 is 1. The standard InChI is InChI=1S/C18H21N3O3/c1-24-17(23)18(6-7-18)12-21-11-14-10-13(4-5-15(14)19-21)16(22)20-8-2-3-9-20/h4-5,10-11H,2-3,6-9,12H2,1H3. The van der Waals surface area contributed by atoms with E-state index in [-0.39, 0.29) is 11.9 Å². The zero-order valence-electron chi connectivity index (χ0n) is 13.8. The highest BCUT2D eigenvalue weighted by atomic mass is 16.5. The van der Waals surface area contributed by atoms with Crippen LogP contribution in [0.2, 0.25) is 0 Å². The van der Waals surface area contributed by atoms with Gasteiger partial charge < -0.3 is 9.64 Å². The molecular formula is C18H21N3O3. The number of hydrogen-bond donors (Lipinski definition) is 0. The largest absolute Gasteiger partial charge is 0.469 e. The quantitative estimate of drug-likeness (QED) is 0.808. The van der Waals surface area contributed by atoms with Gasteiger partial charge in [-0.1, -0.05) is 0 Å². The molecule has 1 saturated heterocycles. The maximum atomic E-state index is 12.5. The Kier molecular flexibility index (Phi) is 3.55. The van der Waals surface area contributed by atoms with E-state index in [0.717, 1.165) is 49.7 Å². The van der Waals surface area contributed by atoms with Crippen LogP contribution in [0.25, 0.3) is 10.9 Å². The maximum absolute atomic E-state index is 12.5. The number of esters is 1. The first-order valence-corrected chi connectivity index (χ1v) is 8.46. The molecule has 2 aliphatic rings. The fourth-order valence-corrected chi connectivity index (χ4v) is 3.50. The molecule has 0 atom stereocenters. The molecule has 2 fully saturated rings. The minimum absolute atomic E-state index is 0.0929. The number of carbonyl (C=O) groups is 2. The van der Waals surface area contributed by atoms with E-state index in [1.54, 1.807) is 4.68 Å². The number of likely N-dealkylation sites (tertiary alicyclic amines) is 1. The topological polar surface area (TPSA) is 64.4 Å². The molecule has 1 aromatic carbocycles. The molecule has 0 N–H and O–H groups in total. The first kappa shape index (κ1) is 15.2. The van der Waals surface area contributed by atoms with Gasteiger partial charge in [-0.25, -0.2) is 0 Å². The van der Waals surface area contributed by atoms with E-state index in [0.29, 0.717) is 12.1 Å². The Morgan fingerprint density at radius 2 is 2.00 bits per heavy atom. The number of hydrogen-bond acceptors (Lipinski definition) is 4. The molecule has 1 saturated carbocycles. The van der Waals surface area contributed by atoms with Gasteiger partial charge in [-0.3, -0.25) is 14.3 Å². The number of carbonyl (C=O) groups excluding carboxylic acids is 2. The number of ether oxygens (including phenoxy) is 1. The number of nitrogens with zero attached hydrogens (tertiary/aromatic N) is 3. The lowest BCUT2D eigenvalue weighted by molar-refractivity contribution is -0.147. The van der Waals surface area contributed by atoms with Gasteiger partial charge in [0, 0.05) is 30.2 Å². The monoisotopic (exact) mass is 327 g/mol. The van der Waals surface area contributed by atoms with Crippen molar-refractivity contribution in [3.63, 3.8) is 0 Å². The van der Waals surface area contributed by atoms with E-state index in [1.807, 2.05) is 29.3 Å².